The Morgan fingerprint density at radius 2 is 1.93 bits per heavy atom. The van der Waals surface area contributed by atoms with Crippen molar-refractivity contribution in [3.8, 4) is 6.07 Å². The maximum absolute atomic E-state index is 12.7. The van der Waals surface area contributed by atoms with Gasteiger partial charge in [-0.25, -0.2) is 9.97 Å². The first kappa shape index (κ1) is 20.0. The number of para-hydroxylation sites is 2. The fourth-order valence-electron chi connectivity index (χ4n) is 3.55. The van der Waals surface area contributed by atoms with Gasteiger partial charge in [-0.3, -0.25) is 4.79 Å². The molecule has 0 aliphatic carbocycles. The van der Waals surface area contributed by atoms with E-state index >= 15 is 0 Å². The Hall–Kier alpha value is -2.72. The summed E-state index contributed by atoms with van der Waals surface area (Å²) in [6.07, 6.45) is 1.88. The SMILES string of the molecule is CCCCNC(=O)[C@@H](C#N)c1nc2ccccc2nc1N1CC[NH+](CC)CC1. The zero-order chi connectivity index (χ0) is 19.9. The molecule has 1 aliphatic rings. The number of rotatable bonds is 7. The van der Waals surface area contributed by atoms with E-state index in [4.69, 9.17) is 9.97 Å². The largest absolute Gasteiger partial charge is 0.355 e. The zero-order valence-corrected chi connectivity index (χ0v) is 16.7. The molecule has 0 bridgehead atoms. The molecule has 1 aromatic carbocycles. The van der Waals surface area contributed by atoms with Crippen LogP contribution in [0.1, 0.15) is 38.3 Å². The van der Waals surface area contributed by atoms with Crippen LogP contribution in [0.25, 0.3) is 11.0 Å². The number of unbranched alkanes of at least 4 members (excludes halogenated alkanes) is 1. The first-order valence-electron chi connectivity index (χ1n) is 10.2. The number of hydrogen-bond donors (Lipinski definition) is 2. The molecule has 0 unspecified atom stereocenters. The molecule has 7 nitrogen and oxygen atoms in total. The van der Waals surface area contributed by atoms with Crippen molar-refractivity contribution in [3.63, 3.8) is 0 Å². The Labute approximate surface area is 166 Å². The van der Waals surface area contributed by atoms with Gasteiger partial charge in [-0.05, 0) is 25.5 Å². The summed E-state index contributed by atoms with van der Waals surface area (Å²) in [5.41, 5.74) is 1.96. The molecule has 28 heavy (non-hydrogen) atoms. The molecule has 1 saturated heterocycles. The van der Waals surface area contributed by atoms with Crippen LogP contribution in [0.4, 0.5) is 5.82 Å². The highest BCUT2D eigenvalue weighted by Crippen LogP contribution is 2.27. The molecule has 1 aromatic heterocycles. The van der Waals surface area contributed by atoms with Crippen LogP contribution in [-0.4, -0.2) is 55.1 Å². The van der Waals surface area contributed by atoms with Gasteiger partial charge < -0.3 is 15.1 Å². The number of nitrogens with one attached hydrogen (secondary N) is 2. The van der Waals surface area contributed by atoms with Crippen LogP contribution in [0.15, 0.2) is 24.3 Å². The van der Waals surface area contributed by atoms with Crippen molar-refractivity contribution in [2.75, 3.05) is 44.2 Å². The van der Waals surface area contributed by atoms with Crippen molar-refractivity contribution in [2.45, 2.75) is 32.6 Å². The molecule has 0 radical (unpaired) electrons. The van der Waals surface area contributed by atoms with E-state index in [-0.39, 0.29) is 5.91 Å². The van der Waals surface area contributed by atoms with E-state index in [0.29, 0.717) is 23.6 Å². The predicted molar refractivity (Wildman–Crippen MR) is 109 cm³/mol. The summed E-state index contributed by atoms with van der Waals surface area (Å²) in [6.45, 7) is 9.66. The number of aromatic nitrogens is 2. The summed E-state index contributed by atoms with van der Waals surface area (Å²) in [5.74, 6) is -0.578. The van der Waals surface area contributed by atoms with Gasteiger partial charge in [-0.2, -0.15) is 5.26 Å². The summed E-state index contributed by atoms with van der Waals surface area (Å²) >= 11 is 0. The van der Waals surface area contributed by atoms with Crippen LogP contribution in [0.2, 0.25) is 0 Å². The highest BCUT2D eigenvalue weighted by molar-refractivity contribution is 5.88. The fraction of sp³-hybridized carbons (Fsp3) is 0.524. The number of likely N-dealkylation sites (N-methyl/N-ethyl adjacent to an activating group) is 1. The van der Waals surface area contributed by atoms with Gasteiger partial charge in [0.05, 0.1) is 49.8 Å². The van der Waals surface area contributed by atoms with Crippen LogP contribution in [0.3, 0.4) is 0 Å². The van der Waals surface area contributed by atoms with E-state index in [1.54, 1.807) is 4.90 Å². The number of anilines is 1. The number of hydrogen-bond acceptors (Lipinski definition) is 5. The third-order valence-electron chi connectivity index (χ3n) is 5.34. The molecule has 1 aliphatic heterocycles. The normalized spacial score (nSPS) is 16.0. The lowest BCUT2D eigenvalue weighted by Gasteiger charge is -2.33. The highest BCUT2D eigenvalue weighted by Gasteiger charge is 2.30. The van der Waals surface area contributed by atoms with E-state index in [1.165, 1.54) is 0 Å². The van der Waals surface area contributed by atoms with E-state index in [2.05, 4.69) is 30.1 Å². The Morgan fingerprint density at radius 1 is 1.25 bits per heavy atom. The van der Waals surface area contributed by atoms with Gasteiger partial charge in [-0.15, -0.1) is 0 Å². The molecule has 1 atom stereocenters. The molecule has 7 heteroatoms. The number of fused-ring (bicyclic) bond motifs is 1. The number of amides is 1. The lowest BCUT2D eigenvalue weighted by Crippen LogP contribution is -3.14. The number of nitrogens with zero attached hydrogens (tertiary/aromatic N) is 4. The molecule has 3 rings (SSSR count). The van der Waals surface area contributed by atoms with E-state index < -0.39 is 5.92 Å². The lowest BCUT2D eigenvalue weighted by molar-refractivity contribution is -0.898. The highest BCUT2D eigenvalue weighted by atomic mass is 16.1. The second-order valence-corrected chi connectivity index (χ2v) is 7.22. The third kappa shape index (κ3) is 4.39. The Bertz CT molecular complexity index is 854. The minimum atomic E-state index is -0.958. The third-order valence-corrected chi connectivity index (χ3v) is 5.34. The Kier molecular flexibility index (Phi) is 6.77. The molecule has 1 amide bonds. The molecule has 0 spiro atoms. The monoisotopic (exact) mass is 381 g/mol. The number of quaternary nitrogens is 1. The average Bonchev–Trinajstić information content (AvgIpc) is 2.74. The summed E-state index contributed by atoms with van der Waals surface area (Å²) < 4.78 is 0. The van der Waals surface area contributed by atoms with Crippen molar-refractivity contribution >= 4 is 22.8 Å². The van der Waals surface area contributed by atoms with Crippen LogP contribution in [0, 0.1) is 11.3 Å². The summed E-state index contributed by atoms with van der Waals surface area (Å²) in [7, 11) is 0. The minimum Gasteiger partial charge on any atom is -0.355 e. The van der Waals surface area contributed by atoms with Gasteiger partial charge in [0, 0.05) is 6.54 Å². The maximum atomic E-state index is 12.7. The average molecular weight is 382 g/mol. The number of benzene rings is 1. The second-order valence-electron chi connectivity index (χ2n) is 7.22. The van der Waals surface area contributed by atoms with Gasteiger partial charge in [0.2, 0.25) is 5.91 Å². The standard InChI is InChI=1S/C21H28N6O/c1-3-5-10-23-21(28)16(15-22)19-20(27-13-11-26(4-2)12-14-27)25-18-9-7-6-8-17(18)24-19/h6-9,16H,3-5,10-14H2,1-2H3,(H,23,28)/p+1/t16-/m0/s1. The fourth-order valence-corrected chi connectivity index (χ4v) is 3.55. The topological polar surface area (TPSA) is 86.3 Å². The number of carbonyl (C=O) groups is 1. The van der Waals surface area contributed by atoms with Gasteiger partial charge >= 0.3 is 0 Å². The van der Waals surface area contributed by atoms with Gasteiger partial charge in [-0.1, -0.05) is 25.5 Å². The summed E-state index contributed by atoms with van der Waals surface area (Å²) in [4.78, 5) is 26.0. The van der Waals surface area contributed by atoms with Crippen LogP contribution in [0.5, 0.6) is 0 Å². The molecule has 2 aromatic rings. The van der Waals surface area contributed by atoms with Crippen LogP contribution < -0.4 is 15.1 Å². The minimum absolute atomic E-state index is 0.292. The molecule has 0 saturated carbocycles. The first-order valence-corrected chi connectivity index (χ1v) is 10.2. The zero-order valence-electron chi connectivity index (χ0n) is 16.7. The van der Waals surface area contributed by atoms with Gasteiger partial charge in [0.25, 0.3) is 0 Å². The molecule has 2 heterocycles. The molecular formula is C21H29N6O+. The van der Waals surface area contributed by atoms with Crippen LogP contribution >= 0.6 is 0 Å². The second kappa shape index (κ2) is 9.47. The molecular weight excluding hydrogens is 352 g/mol. The number of carbonyl (C=O) groups excluding carboxylic acids is 1. The Balaban J connectivity index is 1.96. The quantitative estimate of drug-likeness (QED) is 0.696. The Morgan fingerprint density at radius 3 is 2.54 bits per heavy atom. The van der Waals surface area contributed by atoms with Crippen molar-refractivity contribution in [3.05, 3.63) is 30.0 Å². The number of nitriles is 1. The van der Waals surface area contributed by atoms with E-state index in [0.717, 1.165) is 51.1 Å². The van der Waals surface area contributed by atoms with Crippen LogP contribution in [-0.2, 0) is 4.79 Å². The molecule has 1 fully saturated rings. The van der Waals surface area contributed by atoms with Crippen molar-refractivity contribution in [1.29, 1.82) is 5.26 Å². The van der Waals surface area contributed by atoms with Crippen molar-refractivity contribution in [1.82, 2.24) is 15.3 Å². The predicted octanol–water partition coefficient (Wildman–Crippen LogP) is 0.878. The molecule has 148 valence electrons. The van der Waals surface area contributed by atoms with Gasteiger partial charge in [0.1, 0.15) is 5.69 Å². The lowest BCUT2D eigenvalue weighted by atomic mass is 10.0. The van der Waals surface area contributed by atoms with E-state index in [9.17, 15) is 10.1 Å². The van der Waals surface area contributed by atoms with E-state index in [1.807, 2.05) is 24.3 Å². The smallest absolute Gasteiger partial charge is 0.243 e. The first-order chi connectivity index (χ1) is 13.7. The van der Waals surface area contributed by atoms with Crippen molar-refractivity contribution < 1.29 is 9.69 Å². The van der Waals surface area contributed by atoms with Crippen molar-refractivity contribution in [2.24, 2.45) is 0 Å². The summed E-state index contributed by atoms with van der Waals surface area (Å²) in [6, 6.07) is 9.78. The maximum Gasteiger partial charge on any atom is 0.243 e. The van der Waals surface area contributed by atoms with Gasteiger partial charge in [0.15, 0.2) is 11.7 Å². The number of piperazine rings is 1. The summed E-state index contributed by atoms with van der Waals surface area (Å²) in [5, 5.41) is 12.7. The molecule has 2 N–H and O–H groups in total.